The molecule has 20 heavy (non-hydrogen) atoms. The van der Waals surface area contributed by atoms with Crippen molar-refractivity contribution < 1.29 is 14.3 Å². The Morgan fingerprint density at radius 1 is 1.00 bits per heavy atom. The molecule has 0 fully saturated rings. The van der Waals surface area contributed by atoms with Crippen molar-refractivity contribution in [1.82, 2.24) is 0 Å². The Labute approximate surface area is 129 Å². The molecule has 1 aromatic carbocycles. The zero-order valence-corrected chi connectivity index (χ0v) is 13.7. The van der Waals surface area contributed by atoms with Crippen molar-refractivity contribution in [3.63, 3.8) is 0 Å². The number of methoxy groups -OCH3 is 1. The van der Waals surface area contributed by atoms with Crippen molar-refractivity contribution in [3.05, 3.63) is 29.8 Å². The molecule has 0 aromatic heterocycles. The van der Waals surface area contributed by atoms with E-state index in [2.05, 4.69) is 20.7 Å². The van der Waals surface area contributed by atoms with Gasteiger partial charge in [0.05, 0.1) is 19.3 Å². The Kier molecular flexibility index (Phi) is 9.13. The molecule has 1 rings (SSSR count). The summed E-state index contributed by atoms with van der Waals surface area (Å²) in [5, 5.41) is 1.11. The molecule has 0 saturated heterocycles. The molecule has 4 heteroatoms. The molecule has 0 atom stereocenters. The Bertz CT molecular complexity index is 376. The first kappa shape index (κ1) is 17.0. The second kappa shape index (κ2) is 10.7. The summed E-state index contributed by atoms with van der Waals surface area (Å²) in [7, 11) is 1.38. The fraction of sp³-hybridized carbons (Fsp3) is 0.562. The van der Waals surface area contributed by atoms with Crippen LogP contribution in [0.4, 0.5) is 0 Å². The fourth-order valence-electron chi connectivity index (χ4n) is 1.90. The third-order valence-electron chi connectivity index (χ3n) is 3.07. The third kappa shape index (κ3) is 6.94. The smallest absolute Gasteiger partial charge is 0.337 e. The highest BCUT2D eigenvalue weighted by molar-refractivity contribution is 9.09. The molecule has 0 aliphatic heterocycles. The van der Waals surface area contributed by atoms with E-state index in [1.165, 1.54) is 39.2 Å². The number of hydrogen-bond donors (Lipinski definition) is 0. The van der Waals surface area contributed by atoms with E-state index in [1.807, 2.05) is 12.1 Å². The van der Waals surface area contributed by atoms with Gasteiger partial charge >= 0.3 is 5.97 Å². The van der Waals surface area contributed by atoms with E-state index in [0.717, 1.165) is 24.1 Å². The maximum atomic E-state index is 11.3. The summed E-state index contributed by atoms with van der Waals surface area (Å²) in [6.45, 7) is 0.732. The zero-order chi connectivity index (χ0) is 14.6. The van der Waals surface area contributed by atoms with E-state index >= 15 is 0 Å². The summed E-state index contributed by atoms with van der Waals surface area (Å²) in [4.78, 5) is 11.3. The van der Waals surface area contributed by atoms with Gasteiger partial charge in [0.1, 0.15) is 5.75 Å². The number of carbonyl (C=O) groups is 1. The molecule has 0 amide bonds. The van der Waals surface area contributed by atoms with E-state index in [-0.39, 0.29) is 5.97 Å². The van der Waals surface area contributed by atoms with Crippen LogP contribution in [0.2, 0.25) is 0 Å². The predicted molar refractivity (Wildman–Crippen MR) is 84.8 cm³/mol. The van der Waals surface area contributed by atoms with Gasteiger partial charge in [-0.1, -0.05) is 41.6 Å². The molecule has 112 valence electrons. The van der Waals surface area contributed by atoms with Crippen LogP contribution in [-0.4, -0.2) is 25.0 Å². The van der Waals surface area contributed by atoms with Gasteiger partial charge in [-0.25, -0.2) is 4.79 Å². The maximum Gasteiger partial charge on any atom is 0.337 e. The van der Waals surface area contributed by atoms with Gasteiger partial charge in [-0.05, 0) is 37.1 Å². The van der Waals surface area contributed by atoms with Gasteiger partial charge in [0.2, 0.25) is 0 Å². The first-order valence-corrected chi connectivity index (χ1v) is 8.27. The van der Waals surface area contributed by atoms with Crippen molar-refractivity contribution in [2.24, 2.45) is 0 Å². The van der Waals surface area contributed by atoms with Crippen molar-refractivity contribution >= 4 is 21.9 Å². The molecule has 3 nitrogen and oxygen atoms in total. The Morgan fingerprint density at radius 3 is 2.20 bits per heavy atom. The first-order chi connectivity index (χ1) is 9.77. The minimum atomic E-state index is -0.319. The number of benzene rings is 1. The highest BCUT2D eigenvalue weighted by Gasteiger charge is 2.04. The first-order valence-electron chi connectivity index (χ1n) is 7.15. The highest BCUT2D eigenvalue weighted by atomic mass is 79.9. The van der Waals surface area contributed by atoms with Crippen LogP contribution in [0.5, 0.6) is 5.75 Å². The minimum absolute atomic E-state index is 0.319. The molecule has 0 saturated carbocycles. The SMILES string of the molecule is COC(=O)c1ccc(OCCCCCCCCBr)cc1. The zero-order valence-electron chi connectivity index (χ0n) is 12.1. The minimum Gasteiger partial charge on any atom is -0.494 e. The predicted octanol–water partition coefficient (Wildman–Crippen LogP) is 4.59. The number of ether oxygens (including phenoxy) is 2. The maximum absolute atomic E-state index is 11.3. The summed E-state index contributed by atoms with van der Waals surface area (Å²) in [6, 6.07) is 7.06. The van der Waals surface area contributed by atoms with Crippen LogP contribution in [0.25, 0.3) is 0 Å². The van der Waals surface area contributed by atoms with Gasteiger partial charge < -0.3 is 9.47 Å². The van der Waals surface area contributed by atoms with Gasteiger partial charge in [0, 0.05) is 5.33 Å². The number of carbonyl (C=O) groups excluding carboxylic acids is 1. The molecule has 0 spiro atoms. The molecule has 0 aliphatic carbocycles. The Hall–Kier alpha value is -1.03. The lowest BCUT2D eigenvalue weighted by molar-refractivity contribution is 0.0600. The summed E-state index contributed by atoms with van der Waals surface area (Å²) >= 11 is 3.44. The molecule has 0 unspecified atom stereocenters. The van der Waals surface area contributed by atoms with Gasteiger partial charge in [-0.15, -0.1) is 0 Å². The number of esters is 1. The van der Waals surface area contributed by atoms with Gasteiger partial charge in [0.15, 0.2) is 0 Å². The van der Waals surface area contributed by atoms with Crippen LogP contribution in [0, 0.1) is 0 Å². The monoisotopic (exact) mass is 342 g/mol. The molecule has 1 aromatic rings. The molecule has 0 radical (unpaired) electrons. The highest BCUT2D eigenvalue weighted by Crippen LogP contribution is 2.14. The average molecular weight is 343 g/mol. The summed E-state index contributed by atoms with van der Waals surface area (Å²) in [6.07, 6.45) is 7.44. The van der Waals surface area contributed by atoms with Gasteiger partial charge in [-0.2, -0.15) is 0 Å². The van der Waals surface area contributed by atoms with E-state index in [4.69, 9.17) is 4.74 Å². The number of unbranched alkanes of at least 4 members (excludes halogenated alkanes) is 5. The summed E-state index contributed by atoms with van der Waals surface area (Å²) in [5.74, 6) is 0.483. The number of alkyl halides is 1. The average Bonchev–Trinajstić information content (AvgIpc) is 2.50. The molecule has 0 aliphatic rings. The normalized spacial score (nSPS) is 10.3. The van der Waals surface area contributed by atoms with E-state index < -0.39 is 0 Å². The second-order valence-corrected chi connectivity index (χ2v) is 5.47. The number of hydrogen-bond acceptors (Lipinski definition) is 3. The van der Waals surface area contributed by atoms with Crippen LogP contribution in [-0.2, 0) is 4.74 Å². The summed E-state index contributed by atoms with van der Waals surface area (Å²) in [5.41, 5.74) is 0.548. The van der Waals surface area contributed by atoms with Gasteiger partial charge in [0.25, 0.3) is 0 Å². The lowest BCUT2D eigenvalue weighted by atomic mass is 10.1. The quantitative estimate of drug-likeness (QED) is 0.354. The molecular formula is C16H23BrO3. The van der Waals surface area contributed by atoms with Crippen molar-refractivity contribution in [2.75, 3.05) is 19.0 Å². The lowest BCUT2D eigenvalue weighted by Gasteiger charge is -2.06. The van der Waals surface area contributed by atoms with Crippen LogP contribution in [0.15, 0.2) is 24.3 Å². The molecular weight excluding hydrogens is 320 g/mol. The Morgan fingerprint density at radius 2 is 1.60 bits per heavy atom. The number of rotatable bonds is 10. The summed E-state index contributed by atoms with van der Waals surface area (Å²) < 4.78 is 10.3. The van der Waals surface area contributed by atoms with Crippen molar-refractivity contribution in [1.29, 1.82) is 0 Å². The molecule has 0 heterocycles. The third-order valence-corrected chi connectivity index (χ3v) is 3.63. The number of halogens is 1. The topological polar surface area (TPSA) is 35.5 Å². The standard InChI is InChI=1S/C16H23BrO3/c1-19-16(18)14-8-10-15(11-9-14)20-13-7-5-3-2-4-6-12-17/h8-11H,2-7,12-13H2,1H3. The van der Waals surface area contributed by atoms with E-state index in [9.17, 15) is 4.79 Å². The van der Waals surface area contributed by atoms with Crippen LogP contribution in [0.3, 0.4) is 0 Å². The van der Waals surface area contributed by atoms with Crippen LogP contribution < -0.4 is 4.74 Å². The fourth-order valence-corrected chi connectivity index (χ4v) is 2.30. The van der Waals surface area contributed by atoms with Crippen LogP contribution in [0.1, 0.15) is 48.9 Å². The second-order valence-electron chi connectivity index (χ2n) is 4.67. The van der Waals surface area contributed by atoms with Crippen molar-refractivity contribution in [3.8, 4) is 5.75 Å². The van der Waals surface area contributed by atoms with Crippen molar-refractivity contribution in [2.45, 2.75) is 38.5 Å². The largest absolute Gasteiger partial charge is 0.494 e. The van der Waals surface area contributed by atoms with E-state index in [1.54, 1.807) is 12.1 Å². The van der Waals surface area contributed by atoms with Crippen LogP contribution >= 0.6 is 15.9 Å². The molecule has 0 N–H and O–H groups in total. The van der Waals surface area contributed by atoms with E-state index in [0.29, 0.717) is 5.56 Å². The Balaban J connectivity index is 2.11. The lowest BCUT2D eigenvalue weighted by Crippen LogP contribution is -2.01. The van der Waals surface area contributed by atoms with Gasteiger partial charge in [-0.3, -0.25) is 0 Å². The molecule has 0 bridgehead atoms.